The Morgan fingerprint density at radius 2 is 1.82 bits per heavy atom. The third kappa shape index (κ3) is 8.11. The van der Waals surface area contributed by atoms with E-state index in [9.17, 15) is 23.6 Å². The number of hydrazine groups is 1. The number of carbonyl (C=O) groups excluding carboxylic acids is 4. The number of Topliss-reactive ketones (excluding diaryl/α,β-unsaturated/α-hetero) is 1. The van der Waals surface area contributed by atoms with Crippen LogP contribution in [0.25, 0.3) is 0 Å². The van der Waals surface area contributed by atoms with Crippen molar-refractivity contribution in [2.75, 3.05) is 13.2 Å². The van der Waals surface area contributed by atoms with Gasteiger partial charge in [-0.3, -0.25) is 24.2 Å². The van der Waals surface area contributed by atoms with E-state index in [1.807, 2.05) is 26.8 Å². The molecule has 10 heteroatoms. The minimum Gasteiger partial charge on any atom is -0.490 e. The van der Waals surface area contributed by atoms with Crippen LogP contribution in [0, 0.1) is 23.6 Å². The molecule has 0 radical (unpaired) electrons. The molecule has 0 aromatic heterocycles. The predicted octanol–water partition coefficient (Wildman–Crippen LogP) is 3.64. The van der Waals surface area contributed by atoms with E-state index in [4.69, 9.17) is 9.47 Å². The summed E-state index contributed by atoms with van der Waals surface area (Å²) in [6.07, 6.45) is 4.26. The van der Waals surface area contributed by atoms with Crippen LogP contribution in [0.1, 0.15) is 72.0 Å². The lowest BCUT2D eigenvalue weighted by Crippen LogP contribution is -2.59. The lowest BCUT2D eigenvalue weighted by Gasteiger charge is -2.35. The Morgan fingerprint density at radius 3 is 2.54 bits per heavy atom. The number of esters is 1. The standard InChI is InChI=1S/C29H40FN3O6/c1-17(2)22-16-26(34)18(3)9-6-7-14-38-21-11-12-24(30)23(15-21)20(5)39-29(37)25-10-8-13-33(32-25)28(36)19(4)31-27(22)35/h6-7,11-12,15,17-20,22,25,32H,8-10,13-14,16H2,1-5H3,(H,31,35)/b7-6+/t18-,19+,20-,22+,25+/m1/s1. The summed E-state index contributed by atoms with van der Waals surface area (Å²) in [5, 5.41) is 4.07. The molecule has 0 spiro atoms. The van der Waals surface area contributed by atoms with Crippen LogP contribution in [0.5, 0.6) is 5.75 Å². The number of rotatable bonds is 1. The normalized spacial score (nSPS) is 29.0. The Bertz CT molecular complexity index is 1090. The van der Waals surface area contributed by atoms with Gasteiger partial charge in [-0.1, -0.05) is 32.9 Å². The maximum Gasteiger partial charge on any atom is 0.325 e. The Morgan fingerprint density at radius 1 is 1.08 bits per heavy atom. The number of cyclic esters (lactones) is 1. The van der Waals surface area contributed by atoms with E-state index in [1.54, 1.807) is 19.9 Å². The van der Waals surface area contributed by atoms with Crippen molar-refractivity contribution >= 4 is 23.6 Å². The zero-order valence-electron chi connectivity index (χ0n) is 23.4. The highest BCUT2D eigenvalue weighted by atomic mass is 19.1. The smallest absolute Gasteiger partial charge is 0.325 e. The molecule has 2 aliphatic rings. The van der Waals surface area contributed by atoms with Gasteiger partial charge in [0, 0.05) is 30.4 Å². The molecule has 0 unspecified atom stereocenters. The summed E-state index contributed by atoms with van der Waals surface area (Å²) in [6, 6.07) is 2.58. The molecule has 2 N–H and O–H groups in total. The predicted molar refractivity (Wildman–Crippen MR) is 143 cm³/mol. The molecule has 0 aliphatic carbocycles. The molecule has 39 heavy (non-hydrogen) atoms. The summed E-state index contributed by atoms with van der Waals surface area (Å²) in [4.78, 5) is 52.1. The topological polar surface area (TPSA) is 114 Å². The van der Waals surface area contributed by atoms with E-state index in [1.165, 1.54) is 23.2 Å². The van der Waals surface area contributed by atoms with Crippen molar-refractivity contribution in [3.63, 3.8) is 0 Å². The zero-order chi connectivity index (χ0) is 28.7. The van der Waals surface area contributed by atoms with Crippen LogP contribution in [-0.2, 0) is 23.9 Å². The van der Waals surface area contributed by atoms with Crippen LogP contribution in [-0.4, -0.2) is 53.8 Å². The molecule has 3 rings (SSSR count). The monoisotopic (exact) mass is 545 g/mol. The molecular formula is C29H40FN3O6. The van der Waals surface area contributed by atoms with Gasteiger partial charge in [0.15, 0.2) is 0 Å². The SMILES string of the molecule is CC(C)[C@@H]1CC(=O)[C@H](C)C/C=C/COc2ccc(F)c(c2)[C@@H](C)OC(=O)[C@@H]2CCCN(N2)C(=O)[C@H](C)NC1=O. The van der Waals surface area contributed by atoms with Crippen LogP contribution in [0.15, 0.2) is 30.4 Å². The van der Waals surface area contributed by atoms with Gasteiger partial charge in [-0.05, 0) is 57.2 Å². The van der Waals surface area contributed by atoms with Crippen molar-refractivity contribution in [3.8, 4) is 5.75 Å². The lowest BCUT2D eigenvalue weighted by molar-refractivity contribution is -0.157. The van der Waals surface area contributed by atoms with Gasteiger partial charge in [0.2, 0.25) is 5.91 Å². The Hall–Kier alpha value is -3.27. The highest BCUT2D eigenvalue weighted by molar-refractivity contribution is 5.91. The van der Waals surface area contributed by atoms with Gasteiger partial charge in [0.1, 0.15) is 42.1 Å². The first-order valence-electron chi connectivity index (χ1n) is 13.7. The van der Waals surface area contributed by atoms with Crippen molar-refractivity contribution in [2.24, 2.45) is 17.8 Å². The number of fused-ring (bicyclic) bond motifs is 4. The number of ketones is 1. The second-order valence-corrected chi connectivity index (χ2v) is 10.7. The largest absolute Gasteiger partial charge is 0.490 e. The maximum absolute atomic E-state index is 14.6. The first kappa shape index (κ1) is 30.3. The van der Waals surface area contributed by atoms with Gasteiger partial charge in [-0.2, -0.15) is 0 Å². The molecule has 2 amide bonds. The first-order valence-corrected chi connectivity index (χ1v) is 13.7. The van der Waals surface area contributed by atoms with Crippen molar-refractivity contribution in [1.29, 1.82) is 0 Å². The Balaban J connectivity index is 1.85. The van der Waals surface area contributed by atoms with Crippen molar-refractivity contribution < 1.29 is 33.0 Å². The van der Waals surface area contributed by atoms with E-state index < -0.39 is 41.8 Å². The van der Waals surface area contributed by atoms with E-state index in [0.717, 1.165) is 0 Å². The molecular weight excluding hydrogens is 505 g/mol. The van der Waals surface area contributed by atoms with Crippen molar-refractivity contribution in [2.45, 2.75) is 78.5 Å². The first-order chi connectivity index (χ1) is 18.5. The quantitative estimate of drug-likeness (QED) is 0.409. The van der Waals surface area contributed by atoms with Crippen LogP contribution in [0.4, 0.5) is 4.39 Å². The van der Waals surface area contributed by atoms with Gasteiger partial charge in [-0.25, -0.2) is 9.82 Å². The molecule has 1 saturated heterocycles. The number of nitrogens with zero attached hydrogens (tertiary/aromatic N) is 1. The van der Waals surface area contributed by atoms with Crippen molar-refractivity contribution in [1.82, 2.24) is 15.8 Å². The third-order valence-corrected chi connectivity index (χ3v) is 7.28. The van der Waals surface area contributed by atoms with Crippen molar-refractivity contribution in [3.05, 3.63) is 41.7 Å². The van der Waals surface area contributed by atoms with Crippen LogP contribution >= 0.6 is 0 Å². The Labute approximate surface area is 229 Å². The number of carbonyl (C=O) groups is 4. The molecule has 1 aromatic carbocycles. The molecule has 4 bridgehead atoms. The van der Waals surface area contributed by atoms with E-state index in [2.05, 4.69) is 10.7 Å². The fourth-order valence-corrected chi connectivity index (χ4v) is 4.67. The maximum atomic E-state index is 14.6. The number of nitrogens with one attached hydrogen (secondary N) is 2. The van der Waals surface area contributed by atoms with E-state index >= 15 is 0 Å². The summed E-state index contributed by atoms with van der Waals surface area (Å²) >= 11 is 0. The van der Waals surface area contributed by atoms with Gasteiger partial charge in [0.25, 0.3) is 5.91 Å². The van der Waals surface area contributed by atoms with E-state index in [-0.39, 0.29) is 42.1 Å². The number of amides is 2. The average molecular weight is 546 g/mol. The highest BCUT2D eigenvalue weighted by Crippen LogP contribution is 2.26. The Kier molecular flexibility index (Phi) is 10.6. The van der Waals surface area contributed by atoms with Crippen LogP contribution < -0.4 is 15.5 Å². The third-order valence-electron chi connectivity index (χ3n) is 7.28. The van der Waals surface area contributed by atoms with Crippen LogP contribution in [0.2, 0.25) is 0 Å². The summed E-state index contributed by atoms with van der Waals surface area (Å²) in [5.74, 6) is -2.50. The fraction of sp³-hybridized carbons (Fsp3) is 0.586. The van der Waals surface area contributed by atoms with Crippen LogP contribution in [0.3, 0.4) is 0 Å². The molecule has 0 saturated carbocycles. The second kappa shape index (κ2) is 13.7. The average Bonchev–Trinajstić information content (AvgIpc) is 2.90. The minimum absolute atomic E-state index is 0.0354. The number of halogens is 1. The van der Waals surface area contributed by atoms with Gasteiger partial charge >= 0.3 is 5.97 Å². The summed E-state index contributed by atoms with van der Waals surface area (Å²) in [6.45, 7) is 9.29. The molecule has 214 valence electrons. The molecule has 1 aromatic rings. The van der Waals surface area contributed by atoms with Gasteiger partial charge in [-0.15, -0.1) is 0 Å². The number of ether oxygens (including phenoxy) is 2. The fourth-order valence-electron chi connectivity index (χ4n) is 4.67. The second-order valence-electron chi connectivity index (χ2n) is 10.7. The lowest BCUT2D eigenvalue weighted by atomic mass is 9.86. The summed E-state index contributed by atoms with van der Waals surface area (Å²) in [7, 11) is 0. The van der Waals surface area contributed by atoms with Gasteiger partial charge in [0.05, 0.1) is 0 Å². The summed E-state index contributed by atoms with van der Waals surface area (Å²) in [5.41, 5.74) is 3.07. The van der Waals surface area contributed by atoms with E-state index in [0.29, 0.717) is 31.6 Å². The highest BCUT2D eigenvalue weighted by Gasteiger charge is 2.34. The summed E-state index contributed by atoms with van der Waals surface area (Å²) < 4.78 is 25.8. The number of hydrogen-bond acceptors (Lipinski definition) is 7. The number of benzene rings is 1. The van der Waals surface area contributed by atoms with Gasteiger partial charge < -0.3 is 14.8 Å². The minimum atomic E-state index is -0.889. The molecule has 9 nitrogen and oxygen atoms in total. The molecule has 2 heterocycles. The molecule has 1 fully saturated rings. The number of hydrogen-bond donors (Lipinski definition) is 2. The molecule has 5 atom stereocenters. The molecule has 2 aliphatic heterocycles. The zero-order valence-corrected chi connectivity index (χ0v) is 23.4. The number of allylic oxidation sites excluding steroid dienone is 1.